The second kappa shape index (κ2) is 5.33. The van der Waals surface area contributed by atoms with Crippen molar-refractivity contribution in [1.82, 2.24) is 4.90 Å². The first kappa shape index (κ1) is 12.1. The fourth-order valence-electron chi connectivity index (χ4n) is 2.14. The van der Waals surface area contributed by atoms with Crippen LogP contribution in [0.1, 0.15) is 29.0 Å². The average Bonchev–Trinajstić information content (AvgIpc) is 2.78. The van der Waals surface area contributed by atoms with E-state index in [1.165, 1.54) is 12.3 Å². The summed E-state index contributed by atoms with van der Waals surface area (Å²) >= 11 is 0. The van der Waals surface area contributed by atoms with E-state index in [2.05, 4.69) is 4.90 Å². The van der Waals surface area contributed by atoms with Gasteiger partial charge in [-0.15, -0.1) is 0 Å². The molecule has 0 aromatic carbocycles. The van der Waals surface area contributed by atoms with Crippen molar-refractivity contribution in [3.05, 3.63) is 23.7 Å². The van der Waals surface area contributed by atoms with Gasteiger partial charge in [-0.3, -0.25) is 4.90 Å². The third kappa shape index (κ3) is 2.87. The second-order valence-electron chi connectivity index (χ2n) is 4.32. The van der Waals surface area contributed by atoms with E-state index in [1.54, 1.807) is 0 Å². The van der Waals surface area contributed by atoms with Crippen LogP contribution in [-0.2, 0) is 11.3 Å². The maximum absolute atomic E-state index is 10.9. The minimum Gasteiger partial charge on any atom is -0.478 e. The highest BCUT2D eigenvalue weighted by molar-refractivity contribution is 5.88. The Kier molecular flexibility index (Phi) is 3.81. The monoisotopic (exact) mass is 239 g/mol. The number of furan rings is 1. The number of ether oxygens (including phenoxy) is 1. The van der Waals surface area contributed by atoms with Crippen LogP contribution >= 0.6 is 0 Å². The van der Waals surface area contributed by atoms with Gasteiger partial charge in [-0.25, -0.2) is 4.79 Å². The van der Waals surface area contributed by atoms with E-state index in [-0.39, 0.29) is 5.56 Å². The highest BCUT2D eigenvalue weighted by Gasteiger charge is 2.21. The molecule has 94 valence electrons. The lowest BCUT2D eigenvalue weighted by Crippen LogP contribution is -2.36. The Labute approximate surface area is 100.0 Å². The molecule has 1 saturated heterocycles. The summed E-state index contributed by atoms with van der Waals surface area (Å²) in [4.78, 5) is 13.1. The molecule has 2 heterocycles. The molecule has 1 fully saturated rings. The molecule has 1 N–H and O–H groups in total. The van der Waals surface area contributed by atoms with Crippen LogP contribution in [-0.4, -0.2) is 42.3 Å². The quantitative estimate of drug-likeness (QED) is 0.864. The smallest absolute Gasteiger partial charge is 0.339 e. The molecule has 0 amide bonds. The summed E-state index contributed by atoms with van der Waals surface area (Å²) in [5, 5.41) is 8.98. The van der Waals surface area contributed by atoms with Gasteiger partial charge < -0.3 is 14.3 Å². The number of rotatable bonds is 4. The van der Waals surface area contributed by atoms with Gasteiger partial charge in [-0.05, 0) is 26.0 Å². The van der Waals surface area contributed by atoms with Crippen molar-refractivity contribution >= 4 is 5.97 Å². The molecule has 5 nitrogen and oxygen atoms in total. The Balaban J connectivity index is 1.99. The summed E-state index contributed by atoms with van der Waals surface area (Å²) < 4.78 is 10.5. The number of aromatic carboxylic acids is 1. The molecule has 0 aliphatic carbocycles. The minimum atomic E-state index is -0.936. The fraction of sp³-hybridized carbons (Fsp3) is 0.583. The van der Waals surface area contributed by atoms with E-state index >= 15 is 0 Å². The highest BCUT2D eigenvalue weighted by Crippen LogP contribution is 2.18. The number of nitrogens with zero attached hydrogens (tertiary/aromatic N) is 1. The van der Waals surface area contributed by atoms with Gasteiger partial charge in [0.2, 0.25) is 0 Å². The molecule has 0 saturated carbocycles. The van der Waals surface area contributed by atoms with E-state index in [4.69, 9.17) is 14.3 Å². The fourth-order valence-corrected chi connectivity index (χ4v) is 2.14. The Hall–Kier alpha value is -1.33. The van der Waals surface area contributed by atoms with Gasteiger partial charge in [0.25, 0.3) is 0 Å². The largest absolute Gasteiger partial charge is 0.478 e. The molecule has 0 spiro atoms. The number of hydrogen-bond donors (Lipinski definition) is 1. The Bertz CT molecular complexity index is 382. The third-order valence-corrected chi connectivity index (χ3v) is 3.18. The summed E-state index contributed by atoms with van der Waals surface area (Å²) in [7, 11) is 1.99. The molecule has 17 heavy (non-hydrogen) atoms. The number of carboxylic acids is 1. The van der Waals surface area contributed by atoms with Gasteiger partial charge in [0.1, 0.15) is 11.3 Å². The molecule has 0 atom stereocenters. The first-order valence-electron chi connectivity index (χ1n) is 5.76. The first-order valence-corrected chi connectivity index (χ1v) is 5.76. The highest BCUT2D eigenvalue weighted by atomic mass is 16.5. The van der Waals surface area contributed by atoms with Crippen LogP contribution in [0.25, 0.3) is 0 Å². The van der Waals surface area contributed by atoms with Gasteiger partial charge in [-0.1, -0.05) is 0 Å². The van der Waals surface area contributed by atoms with Crippen LogP contribution in [0.3, 0.4) is 0 Å². The van der Waals surface area contributed by atoms with E-state index in [9.17, 15) is 4.79 Å². The standard InChI is InChI=1S/C12H17NO4/c1-13(9-2-5-16-6-3-9)8-11-10(12(14)15)4-7-17-11/h4,7,9H,2-3,5-6,8H2,1H3,(H,14,15). The van der Waals surface area contributed by atoms with Gasteiger partial charge in [0, 0.05) is 19.3 Å². The van der Waals surface area contributed by atoms with Crippen molar-refractivity contribution in [2.75, 3.05) is 20.3 Å². The molecule has 1 aromatic rings. The molecule has 5 heteroatoms. The first-order chi connectivity index (χ1) is 8.18. The van der Waals surface area contributed by atoms with Crippen molar-refractivity contribution < 1.29 is 19.1 Å². The molecule has 0 unspecified atom stereocenters. The summed E-state index contributed by atoms with van der Waals surface area (Å²) in [5.41, 5.74) is 0.254. The Morgan fingerprint density at radius 3 is 2.88 bits per heavy atom. The number of carbonyl (C=O) groups is 1. The van der Waals surface area contributed by atoms with Crippen LogP contribution < -0.4 is 0 Å². The van der Waals surface area contributed by atoms with Crippen molar-refractivity contribution in [3.63, 3.8) is 0 Å². The topological polar surface area (TPSA) is 62.9 Å². The third-order valence-electron chi connectivity index (χ3n) is 3.18. The van der Waals surface area contributed by atoms with Crippen LogP contribution in [0.4, 0.5) is 0 Å². The lowest BCUT2D eigenvalue weighted by atomic mass is 10.1. The zero-order valence-corrected chi connectivity index (χ0v) is 9.89. The van der Waals surface area contributed by atoms with Crippen molar-refractivity contribution in [1.29, 1.82) is 0 Å². The summed E-state index contributed by atoms with van der Waals surface area (Å²) in [5.74, 6) is -0.416. The number of hydrogen-bond acceptors (Lipinski definition) is 4. The summed E-state index contributed by atoms with van der Waals surface area (Å²) in [6, 6.07) is 1.94. The van der Waals surface area contributed by atoms with Crippen molar-refractivity contribution in [3.8, 4) is 0 Å². The molecular formula is C12H17NO4. The predicted octanol–water partition coefficient (Wildman–Crippen LogP) is 1.59. The molecule has 2 rings (SSSR count). The molecule has 1 aliphatic rings. The molecule has 1 aromatic heterocycles. The van der Waals surface area contributed by atoms with Crippen LogP contribution in [0, 0.1) is 0 Å². The SMILES string of the molecule is CN(Cc1occc1C(=O)O)C1CCOCC1. The Morgan fingerprint density at radius 1 is 1.53 bits per heavy atom. The lowest BCUT2D eigenvalue weighted by Gasteiger charge is -2.30. The van der Waals surface area contributed by atoms with E-state index in [0.717, 1.165) is 26.1 Å². The second-order valence-corrected chi connectivity index (χ2v) is 4.32. The maximum Gasteiger partial charge on any atom is 0.339 e. The van der Waals surface area contributed by atoms with Crippen LogP contribution in [0.15, 0.2) is 16.7 Å². The van der Waals surface area contributed by atoms with E-state index in [0.29, 0.717) is 18.3 Å². The zero-order chi connectivity index (χ0) is 12.3. The van der Waals surface area contributed by atoms with Gasteiger partial charge >= 0.3 is 5.97 Å². The Morgan fingerprint density at radius 2 is 2.24 bits per heavy atom. The van der Waals surface area contributed by atoms with Gasteiger partial charge in [0.05, 0.1) is 12.8 Å². The average molecular weight is 239 g/mol. The van der Waals surface area contributed by atoms with Crippen LogP contribution in [0.2, 0.25) is 0 Å². The normalized spacial score (nSPS) is 17.5. The van der Waals surface area contributed by atoms with Gasteiger partial charge in [-0.2, -0.15) is 0 Å². The molecule has 0 bridgehead atoms. The van der Waals surface area contributed by atoms with Crippen LogP contribution in [0.5, 0.6) is 0 Å². The molecule has 0 radical (unpaired) electrons. The zero-order valence-electron chi connectivity index (χ0n) is 9.89. The van der Waals surface area contributed by atoms with Crippen molar-refractivity contribution in [2.24, 2.45) is 0 Å². The van der Waals surface area contributed by atoms with E-state index in [1.807, 2.05) is 7.05 Å². The van der Waals surface area contributed by atoms with Gasteiger partial charge in [0.15, 0.2) is 0 Å². The van der Waals surface area contributed by atoms with Crippen molar-refractivity contribution in [2.45, 2.75) is 25.4 Å². The summed E-state index contributed by atoms with van der Waals surface area (Å²) in [6.07, 6.45) is 3.40. The predicted molar refractivity (Wildman–Crippen MR) is 61.0 cm³/mol. The minimum absolute atomic E-state index is 0.254. The summed E-state index contributed by atoms with van der Waals surface area (Å²) in [6.45, 7) is 2.08. The van der Waals surface area contributed by atoms with E-state index < -0.39 is 5.97 Å². The lowest BCUT2D eigenvalue weighted by molar-refractivity contribution is 0.0383. The maximum atomic E-state index is 10.9. The molecule has 1 aliphatic heterocycles. The number of carboxylic acid groups (broad SMARTS) is 1. The molecular weight excluding hydrogens is 222 g/mol.